The Kier molecular flexibility index (Phi) is 5.57. The molecule has 0 aliphatic carbocycles. The van der Waals surface area contributed by atoms with E-state index in [4.69, 9.17) is 13.9 Å². The number of methoxy groups -OCH3 is 1. The molecule has 1 saturated heterocycles. The van der Waals surface area contributed by atoms with E-state index in [0.29, 0.717) is 13.0 Å². The molecule has 0 aromatic heterocycles. The minimum absolute atomic E-state index is 0.139. The van der Waals surface area contributed by atoms with E-state index in [1.807, 2.05) is 0 Å². The Labute approximate surface area is 117 Å². The molecule has 114 valence electrons. The quantitative estimate of drug-likeness (QED) is 0.768. The fraction of sp³-hybridized carbons (Fsp3) is 1.00. The van der Waals surface area contributed by atoms with Crippen molar-refractivity contribution in [2.75, 3.05) is 13.7 Å². The average Bonchev–Trinajstić information content (AvgIpc) is 2.29. The third-order valence-electron chi connectivity index (χ3n) is 4.17. The zero-order valence-corrected chi connectivity index (χ0v) is 13.8. The van der Waals surface area contributed by atoms with Crippen molar-refractivity contribution in [3.63, 3.8) is 0 Å². The van der Waals surface area contributed by atoms with Gasteiger partial charge in [-0.3, -0.25) is 0 Å². The molecule has 6 heteroatoms. The smallest absolute Gasteiger partial charge is 0.192 e. The second-order valence-electron chi connectivity index (χ2n) is 6.73. The third kappa shape index (κ3) is 4.24. The fourth-order valence-corrected chi connectivity index (χ4v) is 2.77. The largest absolute Gasteiger partial charge is 0.414 e. The van der Waals surface area contributed by atoms with Crippen LogP contribution in [0.3, 0.4) is 0 Å². The fourth-order valence-electron chi connectivity index (χ4n) is 1.74. The van der Waals surface area contributed by atoms with Crippen LogP contribution >= 0.6 is 0 Å². The second kappa shape index (κ2) is 6.20. The number of rotatable bonds is 4. The first-order valence-electron chi connectivity index (χ1n) is 6.77. The Balaban J connectivity index is 2.55. The van der Waals surface area contributed by atoms with Crippen molar-refractivity contribution >= 4 is 8.32 Å². The lowest BCUT2D eigenvalue weighted by Gasteiger charge is -2.40. The Morgan fingerprint density at radius 3 is 2.32 bits per heavy atom. The number of aliphatic hydroxyl groups is 2. The predicted octanol–water partition coefficient (Wildman–Crippen LogP) is 1.49. The van der Waals surface area contributed by atoms with Crippen molar-refractivity contribution < 1.29 is 24.1 Å². The van der Waals surface area contributed by atoms with Crippen LogP contribution in [0, 0.1) is 0 Å². The van der Waals surface area contributed by atoms with E-state index in [1.165, 1.54) is 7.11 Å². The summed E-state index contributed by atoms with van der Waals surface area (Å²) in [7, 11) is -0.369. The molecule has 1 aliphatic heterocycles. The lowest BCUT2D eigenvalue weighted by molar-refractivity contribution is -0.261. The van der Waals surface area contributed by atoms with Gasteiger partial charge in [0, 0.05) is 13.5 Å². The molecule has 0 aromatic carbocycles. The molecule has 1 aliphatic rings. The van der Waals surface area contributed by atoms with Gasteiger partial charge in [-0.1, -0.05) is 20.8 Å². The first-order valence-corrected chi connectivity index (χ1v) is 9.67. The highest BCUT2D eigenvalue weighted by molar-refractivity contribution is 6.74. The monoisotopic (exact) mass is 292 g/mol. The zero-order valence-electron chi connectivity index (χ0n) is 12.8. The maximum atomic E-state index is 9.78. The second-order valence-corrected chi connectivity index (χ2v) is 11.5. The minimum Gasteiger partial charge on any atom is -0.414 e. The highest BCUT2D eigenvalue weighted by Crippen LogP contribution is 2.37. The first kappa shape index (κ1) is 17.1. The van der Waals surface area contributed by atoms with Crippen LogP contribution in [0.1, 0.15) is 27.2 Å². The molecule has 4 atom stereocenters. The molecule has 0 unspecified atom stereocenters. The topological polar surface area (TPSA) is 68.2 Å². The first-order chi connectivity index (χ1) is 8.58. The maximum absolute atomic E-state index is 9.78. The number of aliphatic hydroxyl groups excluding tert-OH is 2. The molecular weight excluding hydrogens is 264 g/mol. The molecule has 1 rings (SSSR count). The molecule has 0 radical (unpaired) electrons. The van der Waals surface area contributed by atoms with Gasteiger partial charge in [-0.25, -0.2) is 0 Å². The minimum atomic E-state index is -1.83. The molecule has 2 N–H and O–H groups in total. The highest BCUT2D eigenvalue weighted by atomic mass is 28.4. The summed E-state index contributed by atoms with van der Waals surface area (Å²) in [4.78, 5) is 0. The van der Waals surface area contributed by atoms with E-state index in [9.17, 15) is 10.2 Å². The predicted molar refractivity (Wildman–Crippen MR) is 75.4 cm³/mol. The van der Waals surface area contributed by atoms with E-state index in [0.717, 1.165) is 0 Å². The lowest BCUT2D eigenvalue weighted by atomic mass is 10.0. The van der Waals surface area contributed by atoms with Gasteiger partial charge >= 0.3 is 0 Å². The Bertz CT molecular complexity index is 289. The number of ether oxygens (including phenoxy) is 2. The van der Waals surface area contributed by atoms with E-state index < -0.39 is 26.8 Å². The standard InChI is InChI=1S/C13H28O5Si/c1-13(2,3)19(5,6)17-8-9-7-10(14)11(15)12(16-4)18-9/h9-12,14-15H,7-8H2,1-6H3/t9-,10+,11+,12+/m0/s1. The molecule has 0 saturated carbocycles. The molecule has 0 amide bonds. The molecule has 0 bridgehead atoms. The van der Waals surface area contributed by atoms with Gasteiger partial charge in [0.05, 0.1) is 18.8 Å². The van der Waals surface area contributed by atoms with Crippen molar-refractivity contribution in [1.29, 1.82) is 0 Å². The van der Waals surface area contributed by atoms with Crippen molar-refractivity contribution in [1.82, 2.24) is 0 Å². The molecule has 1 fully saturated rings. The molecule has 5 nitrogen and oxygen atoms in total. The lowest BCUT2D eigenvalue weighted by Crippen LogP contribution is -2.51. The summed E-state index contributed by atoms with van der Waals surface area (Å²) in [6, 6.07) is 0. The van der Waals surface area contributed by atoms with Gasteiger partial charge in [-0.2, -0.15) is 0 Å². The Hall–Kier alpha value is 0.0169. The van der Waals surface area contributed by atoms with Gasteiger partial charge in [0.15, 0.2) is 14.6 Å². The highest BCUT2D eigenvalue weighted by Gasteiger charge is 2.40. The SMILES string of the molecule is CO[C@@H]1O[C@H](CO[Si](C)(C)C(C)(C)C)C[C@@H](O)[C@H]1O. The van der Waals surface area contributed by atoms with Crippen LogP contribution in [0.15, 0.2) is 0 Å². The van der Waals surface area contributed by atoms with Crippen LogP contribution in [0.4, 0.5) is 0 Å². The van der Waals surface area contributed by atoms with Crippen molar-refractivity contribution in [3.8, 4) is 0 Å². The van der Waals surface area contributed by atoms with E-state index in [-0.39, 0.29) is 11.1 Å². The Morgan fingerprint density at radius 1 is 1.26 bits per heavy atom. The van der Waals surface area contributed by atoms with E-state index in [2.05, 4.69) is 33.9 Å². The zero-order chi connectivity index (χ0) is 14.8. The average molecular weight is 292 g/mol. The maximum Gasteiger partial charge on any atom is 0.192 e. The normalized spacial score (nSPS) is 33.5. The summed E-state index contributed by atoms with van der Waals surface area (Å²) in [6.07, 6.45) is -2.47. The van der Waals surface area contributed by atoms with Crippen LogP contribution in [0.5, 0.6) is 0 Å². The summed E-state index contributed by atoms with van der Waals surface area (Å²) >= 11 is 0. The van der Waals surface area contributed by atoms with E-state index in [1.54, 1.807) is 0 Å². The van der Waals surface area contributed by atoms with Crippen molar-refractivity contribution in [2.24, 2.45) is 0 Å². The summed E-state index contributed by atoms with van der Waals surface area (Å²) in [5.41, 5.74) is 0. The summed E-state index contributed by atoms with van der Waals surface area (Å²) < 4.78 is 16.7. The van der Waals surface area contributed by atoms with Crippen LogP contribution in [-0.4, -0.2) is 56.8 Å². The summed E-state index contributed by atoms with van der Waals surface area (Å²) in [5.74, 6) is 0. The third-order valence-corrected chi connectivity index (χ3v) is 8.67. The number of hydrogen-bond donors (Lipinski definition) is 2. The Morgan fingerprint density at radius 2 is 1.84 bits per heavy atom. The van der Waals surface area contributed by atoms with Crippen LogP contribution in [0.2, 0.25) is 18.1 Å². The van der Waals surface area contributed by atoms with Gasteiger partial charge in [-0.15, -0.1) is 0 Å². The molecule has 0 spiro atoms. The summed E-state index contributed by atoms with van der Waals surface area (Å²) in [6.45, 7) is 11.3. The van der Waals surface area contributed by atoms with Gasteiger partial charge in [0.1, 0.15) is 6.10 Å². The van der Waals surface area contributed by atoms with Crippen LogP contribution in [0.25, 0.3) is 0 Å². The van der Waals surface area contributed by atoms with Gasteiger partial charge in [0.25, 0.3) is 0 Å². The summed E-state index contributed by atoms with van der Waals surface area (Å²) in [5, 5.41) is 19.6. The van der Waals surface area contributed by atoms with Crippen molar-refractivity contribution in [3.05, 3.63) is 0 Å². The molecule has 19 heavy (non-hydrogen) atoms. The van der Waals surface area contributed by atoms with Crippen LogP contribution in [-0.2, 0) is 13.9 Å². The van der Waals surface area contributed by atoms with Gasteiger partial charge < -0.3 is 24.1 Å². The van der Waals surface area contributed by atoms with Crippen molar-refractivity contribution in [2.45, 2.75) is 69.9 Å². The number of hydrogen-bond acceptors (Lipinski definition) is 5. The molecule has 1 heterocycles. The van der Waals surface area contributed by atoms with E-state index >= 15 is 0 Å². The molecular formula is C13H28O5Si. The van der Waals surface area contributed by atoms with Crippen LogP contribution < -0.4 is 0 Å². The molecule has 0 aromatic rings. The van der Waals surface area contributed by atoms with Gasteiger partial charge in [0.2, 0.25) is 0 Å². The van der Waals surface area contributed by atoms with Gasteiger partial charge in [-0.05, 0) is 18.1 Å².